The second-order valence-electron chi connectivity index (χ2n) is 7.12. The van der Waals surface area contributed by atoms with Gasteiger partial charge in [0.1, 0.15) is 12.4 Å². The van der Waals surface area contributed by atoms with Crippen molar-refractivity contribution in [3.63, 3.8) is 0 Å². The Kier molecular flexibility index (Phi) is 6.43. The monoisotopic (exact) mass is 357 g/mol. The summed E-state index contributed by atoms with van der Waals surface area (Å²) in [4.78, 5) is 4.72. The van der Waals surface area contributed by atoms with Crippen LogP contribution in [0.1, 0.15) is 55.0 Å². The lowest BCUT2D eigenvalue weighted by molar-refractivity contribution is 0.306. The molecule has 0 saturated heterocycles. The summed E-state index contributed by atoms with van der Waals surface area (Å²) < 4.78 is 5.90. The molecule has 0 N–H and O–H groups in total. The highest BCUT2D eigenvalue weighted by atomic mass is 16.5. The first-order valence-corrected chi connectivity index (χ1v) is 9.51. The number of hydrogen-bond donors (Lipinski definition) is 0. The van der Waals surface area contributed by atoms with Crippen LogP contribution in [0.25, 0.3) is 0 Å². The molecule has 0 heterocycles. The van der Waals surface area contributed by atoms with Crippen molar-refractivity contribution in [3.8, 4) is 5.75 Å². The van der Waals surface area contributed by atoms with E-state index >= 15 is 0 Å². The van der Waals surface area contributed by atoms with Crippen LogP contribution in [0, 0.1) is 0 Å². The van der Waals surface area contributed by atoms with E-state index in [0.29, 0.717) is 12.5 Å². The van der Waals surface area contributed by atoms with Gasteiger partial charge < -0.3 is 4.74 Å². The summed E-state index contributed by atoms with van der Waals surface area (Å²) in [6.45, 7) is 7.11. The number of aliphatic imine (C=N–C) groups is 1. The molecule has 3 aromatic rings. The predicted octanol–water partition coefficient (Wildman–Crippen LogP) is 6.57. The second-order valence-corrected chi connectivity index (χ2v) is 7.12. The van der Waals surface area contributed by atoms with E-state index < -0.39 is 0 Å². The Bertz CT molecular complexity index is 866. The van der Waals surface area contributed by atoms with Gasteiger partial charge in [-0.2, -0.15) is 0 Å². The molecule has 0 radical (unpaired) electrons. The second kappa shape index (κ2) is 9.18. The van der Waals surface area contributed by atoms with Crippen molar-refractivity contribution in [1.82, 2.24) is 0 Å². The summed E-state index contributed by atoms with van der Waals surface area (Å²) in [6.07, 6.45) is 1.93. The van der Waals surface area contributed by atoms with Crippen molar-refractivity contribution in [2.75, 3.05) is 0 Å². The smallest absolute Gasteiger partial charge is 0.120 e. The van der Waals surface area contributed by atoms with Gasteiger partial charge in [-0.25, -0.2) is 0 Å². The van der Waals surface area contributed by atoms with Crippen LogP contribution in [-0.2, 0) is 6.61 Å². The van der Waals surface area contributed by atoms with E-state index in [9.17, 15) is 0 Å². The molecule has 0 bridgehead atoms. The number of ether oxygens (including phenoxy) is 1. The summed E-state index contributed by atoms with van der Waals surface area (Å²) >= 11 is 0. The van der Waals surface area contributed by atoms with E-state index in [1.165, 1.54) is 11.1 Å². The first-order chi connectivity index (χ1) is 13.1. The molecule has 0 fully saturated rings. The van der Waals surface area contributed by atoms with Gasteiger partial charge in [0.15, 0.2) is 0 Å². The Morgan fingerprint density at radius 2 is 1.52 bits per heavy atom. The lowest BCUT2D eigenvalue weighted by Gasteiger charge is -2.10. The lowest BCUT2D eigenvalue weighted by Crippen LogP contribution is -1.96. The van der Waals surface area contributed by atoms with Crippen LogP contribution in [0.3, 0.4) is 0 Å². The minimum absolute atomic E-state index is 0.125. The molecule has 2 heteroatoms. The molecule has 138 valence electrons. The molecule has 0 aliphatic rings. The summed E-state index contributed by atoms with van der Waals surface area (Å²) in [5.74, 6) is 1.41. The largest absolute Gasteiger partial charge is 0.489 e. The number of nitrogens with zero attached hydrogens (tertiary/aromatic N) is 1. The van der Waals surface area contributed by atoms with Crippen LogP contribution >= 0.6 is 0 Å². The molecule has 0 aliphatic heterocycles. The zero-order chi connectivity index (χ0) is 19.1. The molecule has 3 rings (SSSR count). The zero-order valence-corrected chi connectivity index (χ0v) is 16.3. The highest BCUT2D eigenvalue weighted by Gasteiger charge is 2.04. The van der Waals surface area contributed by atoms with E-state index in [1.54, 1.807) is 0 Å². The molecular weight excluding hydrogens is 330 g/mol. The van der Waals surface area contributed by atoms with Crippen molar-refractivity contribution in [2.24, 2.45) is 4.99 Å². The van der Waals surface area contributed by atoms with Crippen LogP contribution < -0.4 is 4.74 Å². The maximum atomic E-state index is 5.90. The van der Waals surface area contributed by atoms with E-state index in [0.717, 1.165) is 16.9 Å². The van der Waals surface area contributed by atoms with E-state index in [2.05, 4.69) is 57.2 Å². The molecule has 3 aromatic carbocycles. The van der Waals surface area contributed by atoms with Gasteiger partial charge >= 0.3 is 0 Å². The predicted molar refractivity (Wildman–Crippen MR) is 114 cm³/mol. The number of hydrogen-bond acceptors (Lipinski definition) is 2. The first kappa shape index (κ1) is 18.9. The topological polar surface area (TPSA) is 21.6 Å². The molecule has 0 aromatic heterocycles. The standard InChI is InChI=1S/C25H27NO/c1-19(2)23-12-14-24(15-13-23)20(3)26-17-22-10-7-11-25(16-22)27-18-21-8-5-4-6-9-21/h4-17,19-20H,18H2,1-3H3/b26-17+. The summed E-state index contributed by atoms with van der Waals surface area (Å²) in [5, 5.41) is 0. The van der Waals surface area contributed by atoms with Crippen LogP contribution in [0.5, 0.6) is 5.75 Å². The van der Waals surface area contributed by atoms with Gasteiger partial charge in [0, 0.05) is 6.21 Å². The normalized spacial score (nSPS) is 12.4. The van der Waals surface area contributed by atoms with Crippen LogP contribution in [0.2, 0.25) is 0 Å². The third-order valence-corrected chi connectivity index (χ3v) is 4.64. The number of rotatable bonds is 7. The highest BCUT2D eigenvalue weighted by molar-refractivity contribution is 5.80. The summed E-state index contributed by atoms with van der Waals surface area (Å²) in [5.41, 5.74) is 4.80. The van der Waals surface area contributed by atoms with Gasteiger partial charge in [-0.1, -0.05) is 80.6 Å². The molecule has 0 spiro atoms. The van der Waals surface area contributed by atoms with Gasteiger partial charge in [0.05, 0.1) is 6.04 Å². The molecule has 1 unspecified atom stereocenters. The van der Waals surface area contributed by atoms with E-state index in [4.69, 9.17) is 9.73 Å². The molecule has 27 heavy (non-hydrogen) atoms. The molecule has 0 saturated carbocycles. The van der Waals surface area contributed by atoms with Gasteiger partial charge in [0.25, 0.3) is 0 Å². The molecule has 1 atom stereocenters. The molecule has 0 aliphatic carbocycles. The molecular formula is C25H27NO. The quantitative estimate of drug-likeness (QED) is 0.438. The van der Waals surface area contributed by atoms with Crippen molar-refractivity contribution in [1.29, 1.82) is 0 Å². The third-order valence-electron chi connectivity index (χ3n) is 4.64. The SMILES string of the molecule is CC(C)c1ccc(C(C)/N=C/c2cccc(OCc3ccccc3)c2)cc1. The Hall–Kier alpha value is -2.87. The Morgan fingerprint density at radius 1 is 0.815 bits per heavy atom. The Labute approximate surface area is 162 Å². The lowest BCUT2D eigenvalue weighted by atomic mass is 10.00. The average molecular weight is 357 g/mol. The van der Waals surface area contributed by atoms with Crippen molar-refractivity contribution in [3.05, 3.63) is 101 Å². The van der Waals surface area contributed by atoms with Crippen molar-refractivity contribution >= 4 is 6.21 Å². The highest BCUT2D eigenvalue weighted by Crippen LogP contribution is 2.21. The third kappa shape index (κ3) is 5.55. The fourth-order valence-corrected chi connectivity index (χ4v) is 2.87. The molecule has 0 amide bonds. The van der Waals surface area contributed by atoms with Gasteiger partial charge in [0.2, 0.25) is 0 Å². The van der Waals surface area contributed by atoms with E-state index in [-0.39, 0.29) is 6.04 Å². The van der Waals surface area contributed by atoms with Gasteiger partial charge in [-0.3, -0.25) is 4.99 Å². The molecule has 2 nitrogen and oxygen atoms in total. The fourth-order valence-electron chi connectivity index (χ4n) is 2.87. The van der Waals surface area contributed by atoms with Crippen LogP contribution in [0.4, 0.5) is 0 Å². The Balaban J connectivity index is 1.62. The van der Waals surface area contributed by atoms with Crippen molar-refractivity contribution in [2.45, 2.75) is 39.3 Å². The average Bonchev–Trinajstić information content (AvgIpc) is 2.71. The van der Waals surface area contributed by atoms with Gasteiger partial charge in [-0.15, -0.1) is 0 Å². The summed E-state index contributed by atoms with van der Waals surface area (Å²) in [6, 6.07) is 27.1. The maximum Gasteiger partial charge on any atom is 0.120 e. The minimum Gasteiger partial charge on any atom is -0.489 e. The zero-order valence-electron chi connectivity index (χ0n) is 16.3. The van der Waals surface area contributed by atoms with Crippen LogP contribution in [0.15, 0.2) is 83.9 Å². The van der Waals surface area contributed by atoms with Gasteiger partial charge in [-0.05, 0) is 47.2 Å². The fraction of sp³-hybridized carbons (Fsp3) is 0.240. The summed E-state index contributed by atoms with van der Waals surface area (Å²) in [7, 11) is 0. The minimum atomic E-state index is 0.125. The van der Waals surface area contributed by atoms with Crippen molar-refractivity contribution < 1.29 is 4.74 Å². The number of benzene rings is 3. The first-order valence-electron chi connectivity index (χ1n) is 9.51. The Morgan fingerprint density at radius 3 is 2.22 bits per heavy atom. The maximum absolute atomic E-state index is 5.90. The van der Waals surface area contributed by atoms with E-state index in [1.807, 2.05) is 48.7 Å². The van der Waals surface area contributed by atoms with Crippen LogP contribution in [-0.4, -0.2) is 6.21 Å².